The van der Waals surface area contributed by atoms with Gasteiger partial charge in [0.2, 0.25) is 5.91 Å². The molecule has 2 amide bonds. The highest BCUT2D eigenvalue weighted by Gasteiger charge is 2.09. The first-order valence-electron chi connectivity index (χ1n) is 7.11. The maximum atomic E-state index is 11.5. The Balaban J connectivity index is 2.04. The second-order valence-corrected chi connectivity index (χ2v) is 4.73. The maximum Gasteiger partial charge on any atom is 0.270 e. The molecule has 8 heteroatoms. The van der Waals surface area contributed by atoms with E-state index >= 15 is 0 Å². The molecule has 0 atom stereocenters. The minimum atomic E-state index is -0.509. The molecule has 2 aromatic rings. The molecule has 0 fully saturated rings. The van der Waals surface area contributed by atoms with Crippen LogP contribution in [0.4, 0.5) is 5.69 Å². The minimum absolute atomic E-state index is 0.0352. The molecule has 124 valence electrons. The van der Waals surface area contributed by atoms with Gasteiger partial charge < -0.3 is 4.42 Å². The van der Waals surface area contributed by atoms with Crippen LogP contribution in [0.25, 0.3) is 17.4 Å². The van der Waals surface area contributed by atoms with Crippen molar-refractivity contribution in [1.29, 1.82) is 0 Å². The summed E-state index contributed by atoms with van der Waals surface area (Å²) in [4.78, 5) is 32.8. The van der Waals surface area contributed by atoms with E-state index in [1.165, 1.54) is 24.3 Å². The molecule has 1 aromatic heterocycles. The fraction of sp³-hybridized carbons (Fsp3) is 0.125. The van der Waals surface area contributed by atoms with E-state index < -0.39 is 10.8 Å². The van der Waals surface area contributed by atoms with Crippen LogP contribution in [-0.4, -0.2) is 16.7 Å². The second-order valence-electron chi connectivity index (χ2n) is 4.73. The minimum Gasteiger partial charge on any atom is -0.457 e. The number of carbonyl (C=O) groups is 2. The first-order valence-corrected chi connectivity index (χ1v) is 7.11. The Morgan fingerprint density at radius 1 is 1.25 bits per heavy atom. The van der Waals surface area contributed by atoms with Crippen molar-refractivity contribution in [3.8, 4) is 11.3 Å². The van der Waals surface area contributed by atoms with E-state index in [1.807, 2.05) is 0 Å². The summed E-state index contributed by atoms with van der Waals surface area (Å²) in [6.07, 6.45) is 2.88. The molecule has 0 saturated heterocycles. The molecule has 0 bridgehead atoms. The second kappa shape index (κ2) is 7.73. The zero-order chi connectivity index (χ0) is 17.5. The van der Waals surface area contributed by atoms with Crippen LogP contribution >= 0.6 is 0 Å². The molecular formula is C16H15N3O5. The van der Waals surface area contributed by atoms with Crippen molar-refractivity contribution in [3.63, 3.8) is 0 Å². The average molecular weight is 329 g/mol. The standard InChI is InChI=1S/C16H15N3O5/c1-2-15(20)17-18-16(21)9-7-13-6-8-14(24-13)11-4-3-5-12(10-11)19(22)23/h3-10H,2H2,1H3,(H,17,20)(H,18,21)/b9-7+. The summed E-state index contributed by atoms with van der Waals surface area (Å²) in [5.41, 5.74) is 4.98. The molecule has 0 saturated carbocycles. The number of nitro benzene ring substituents is 1. The quantitative estimate of drug-likeness (QED) is 0.496. The van der Waals surface area contributed by atoms with Crippen molar-refractivity contribution in [2.24, 2.45) is 0 Å². The Labute approximate surface area is 137 Å². The number of carbonyl (C=O) groups excluding carboxylic acids is 2. The SMILES string of the molecule is CCC(=O)NNC(=O)/C=C/c1ccc(-c2cccc([N+](=O)[O-])c2)o1. The Bertz CT molecular complexity index is 795. The summed E-state index contributed by atoms with van der Waals surface area (Å²) in [6.45, 7) is 1.66. The van der Waals surface area contributed by atoms with Crippen LogP contribution in [0.1, 0.15) is 19.1 Å². The van der Waals surface area contributed by atoms with Crippen LogP contribution in [0.5, 0.6) is 0 Å². The van der Waals surface area contributed by atoms with Gasteiger partial charge in [0.25, 0.3) is 11.6 Å². The van der Waals surface area contributed by atoms with E-state index in [0.717, 1.165) is 0 Å². The number of furan rings is 1. The first-order chi connectivity index (χ1) is 11.5. The maximum absolute atomic E-state index is 11.5. The highest BCUT2D eigenvalue weighted by atomic mass is 16.6. The lowest BCUT2D eigenvalue weighted by atomic mass is 10.1. The van der Waals surface area contributed by atoms with Crippen molar-refractivity contribution >= 4 is 23.6 Å². The molecule has 0 aliphatic rings. The van der Waals surface area contributed by atoms with E-state index in [-0.39, 0.29) is 18.0 Å². The third kappa shape index (κ3) is 4.54. The highest BCUT2D eigenvalue weighted by Crippen LogP contribution is 2.26. The summed E-state index contributed by atoms with van der Waals surface area (Å²) in [6, 6.07) is 9.32. The number of nitro groups is 1. The molecule has 0 radical (unpaired) electrons. The fourth-order valence-electron chi connectivity index (χ4n) is 1.79. The third-order valence-electron chi connectivity index (χ3n) is 3.01. The number of rotatable bonds is 5. The molecule has 8 nitrogen and oxygen atoms in total. The Hall–Kier alpha value is -3.42. The van der Waals surface area contributed by atoms with E-state index in [2.05, 4.69) is 10.9 Å². The number of non-ortho nitro benzene ring substituents is 1. The molecule has 1 heterocycles. The number of benzene rings is 1. The number of hydrogen-bond donors (Lipinski definition) is 2. The summed E-state index contributed by atoms with van der Waals surface area (Å²) < 4.78 is 5.52. The third-order valence-corrected chi connectivity index (χ3v) is 3.01. The Morgan fingerprint density at radius 2 is 2.04 bits per heavy atom. The van der Waals surface area contributed by atoms with Crippen LogP contribution in [0, 0.1) is 10.1 Å². The van der Waals surface area contributed by atoms with Gasteiger partial charge in [0.1, 0.15) is 11.5 Å². The van der Waals surface area contributed by atoms with Crippen molar-refractivity contribution < 1.29 is 18.9 Å². The lowest BCUT2D eigenvalue weighted by molar-refractivity contribution is -0.384. The van der Waals surface area contributed by atoms with Gasteiger partial charge in [-0.1, -0.05) is 19.1 Å². The van der Waals surface area contributed by atoms with Crippen LogP contribution < -0.4 is 10.9 Å². The van der Waals surface area contributed by atoms with Gasteiger partial charge in [-0.25, -0.2) is 0 Å². The van der Waals surface area contributed by atoms with E-state index in [9.17, 15) is 19.7 Å². The Morgan fingerprint density at radius 3 is 2.75 bits per heavy atom. The average Bonchev–Trinajstić information content (AvgIpc) is 3.07. The molecule has 0 aliphatic heterocycles. The number of hydrogen-bond acceptors (Lipinski definition) is 5. The molecule has 24 heavy (non-hydrogen) atoms. The molecule has 0 unspecified atom stereocenters. The number of nitrogens with zero attached hydrogens (tertiary/aromatic N) is 1. The molecular weight excluding hydrogens is 314 g/mol. The van der Waals surface area contributed by atoms with Crippen LogP contribution in [0.2, 0.25) is 0 Å². The van der Waals surface area contributed by atoms with Crippen LogP contribution in [0.3, 0.4) is 0 Å². The Kier molecular flexibility index (Phi) is 5.45. The van der Waals surface area contributed by atoms with Crippen molar-refractivity contribution in [2.45, 2.75) is 13.3 Å². The molecule has 2 rings (SSSR count). The summed E-state index contributed by atoms with van der Waals surface area (Å²) in [7, 11) is 0. The van der Waals surface area contributed by atoms with Gasteiger partial charge in [0, 0.05) is 30.2 Å². The van der Waals surface area contributed by atoms with E-state index in [1.54, 1.807) is 31.2 Å². The summed E-state index contributed by atoms with van der Waals surface area (Å²) in [5.74, 6) is 0.0272. The van der Waals surface area contributed by atoms with Gasteiger partial charge >= 0.3 is 0 Å². The number of amides is 2. The predicted octanol–water partition coefficient (Wildman–Crippen LogP) is 2.43. The molecule has 1 aromatic carbocycles. The largest absolute Gasteiger partial charge is 0.457 e. The lowest BCUT2D eigenvalue weighted by Crippen LogP contribution is -2.40. The topological polar surface area (TPSA) is 114 Å². The van der Waals surface area contributed by atoms with E-state index in [4.69, 9.17) is 4.42 Å². The van der Waals surface area contributed by atoms with Crippen LogP contribution in [0.15, 0.2) is 46.9 Å². The van der Waals surface area contributed by atoms with Crippen molar-refractivity contribution in [3.05, 3.63) is 58.3 Å². The van der Waals surface area contributed by atoms with Gasteiger partial charge in [-0.15, -0.1) is 0 Å². The first kappa shape index (κ1) is 16.9. The van der Waals surface area contributed by atoms with Crippen LogP contribution in [-0.2, 0) is 9.59 Å². The van der Waals surface area contributed by atoms with Crippen molar-refractivity contribution in [1.82, 2.24) is 10.9 Å². The van der Waals surface area contributed by atoms with Gasteiger partial charge in [0.05, 0.1) is 4.92 Å². The molecule has 0 aliphatic carbocycles. The monoisotopic (exact) mass is 329 g/mol. The van der Waals surface area contributed by atoms with Gasteiger partial charge in [-0.2, -0.15) is 0 Å². The fourth-order valence-corrected chi connectivity index (χ4v) is 1.79. The van der Waals surface area contributed by atoms with Gasteiger partial charge in [-0.3, -0.25) is 30.6 Å². The number of hydrazine groups is 1. The van der Waals surface area contributed by atoms with Gasteiger partial charge in [0.15, 0.2) is 0 Å². The van der Waals surface area contributed by atoms with E-state index in [0.29, 0.717) is 17.1 Å². The zero-order valence-electron chi connectivity index (χ0n) is 12.8. The normalized spacial score (nSPS) is 10.5. The molecule has 2 N–H and O–H groups in total. The smallest absolute Gasteiger partial charge is 0.270 e. The summed E-state index contributed by atoms with van der Waals surface area (Å²) >= 11 is 0. The lowest BCUT2D eigenvalue weighted by Gasteiger charge is -2.01. The summed E-state index contributed by atoms with van der Waals surface area (Å²) in [5, 5.41) is 10.8. The number of nitrogens with one attached hydrogen (secondary N) is 2. The predicted molar refractivity (Wildman–Crippen MR) is 86.4 cm³/mol. The highest BCUT2D eigenvalue weighted by molar-refractivity contribution is 5.92. The van der Waals surface area contributed by atoms with Gasteiger partial charge in [-0.05, 0) is 18.2 Å². The molecule has 0 spiro atoms. The zero-order valence-corrected chi connectivity index (χ0v) is 12.8. The van der Waals surface area contributed by atoms with Crippen molar-refractivity contribution in [2.75, 3.05) is 0 Å².